The van der Waals surface area contributed by atoms with Crippen LogP contribution in [0.4, 0.5) is 0 Å². The van der Waals surface area contributed by atoms with E-state index in [2.05, 4.69) is 4.72 Å². The van der Waals surface area contributed by atoms with Gasteiger partial charge in [-0.05, 0) is 19.3 Å². The number of nitrogens with two attached hydrogens (primary N) is 1. The van der Waals surface area contributed by atoms with Crippen molar-refractivity contribution in [2.45, 2.75) is 56.4 Å². The molecule has 17 heavy (non-hydrogen) atoms. The smallest absolute Gasteiger partial charge is 0.221 e. The fraction of sp³-hybridized carbons (Fsp3) is 0.900. The fourth-order valence-corrected chi connectivity index (χ4v) is 4.27. The molecule has 0 saturated heterocycles. The summed E-state index contributed by atoms with van der Waals surface area (Å²) >= 11 is 4.76. The first-order valence-corrected chi connectivity index (χ1v) is 7.82. The molecule has 5 nitrogen and oxygen atoms in total. The zero-order valence-corrected chi connectivity index (χ0v) is 11.6. The van der Waals surface area contributed by atoms with Gasteiger partial charge in [0.1, 0.15) is 5.25 Å². The van der Waals surface area contributed by atoms with Crippen molar-refractivity contribution in [3.8, 4) is 0 Å². The Morgan fingerprint density at radius 3 is 2.59 bits per heavy atom. The molecular weight excluding hydrogens is 260 g/mol. The van der Waals surface area contributed by atoms with Gasteiger partial charge in [-0.3, -0.25) is 0 Å². The zero-order chi connectivity index (χ0) is 13.1. The maximum Gasteiger partial charge on any atom is 0.221 e. The lowest BCUT2D eigenvalue weighted by atomic mass is 9.93. The van der Waals surface area contributed by atoms with E-state index in [1.165, 1.54) is 0 Å². The van der Waals surface area contributed by atoms with E-state index in [9.17, 15) is 13.5 Å². The Kier molecular flexibility index (Phi) is 5.30. The van der Waals surface area contributed by atoms with Crippen molar-refractivity contribution < 1.29 is 13.5 Å². The minimum absolute atomic E-state index is 0.0229. The first-order valence-electron chi connectivity index (χ1n) is 5.87. The van der Waals surface area contributed by atoms with E-state index in [0.717, 1.165) is 12.8 Å². The van der Waals surface area contributed by atoms with E-state index in [0.29, 0.717) is 19.3 Å². The third-order valence-corrected chi connectivity index (χ3v) is 5.51. The topological polar surface area (TPSA) is 92.4 Å². The first-order chi connectivity index (χ1) is 7.88. The van der Waals surface area contributed by atoms with Crippen LogP contribution in [0.1, 0.15) is 39.0 Å². The molecule has 0 radical (unpaired) electrons. The highest BCUT2D eigenvalue weighted by molar-refractivity contribution is 7.93. The Labute approximate surface area is 108 Å². The van der Waals surface area contributed by atoms with E-state index >= 15 is 0 Å². The van der Waals surface area contributed by atoms with Gasteiger partial charge in [0.15, 0.2) is 0 Å². The van der Waals surface area contributed by atoms with Crippen molar-refractivity contribution in [1.82, 2.24) is 4.72 Å². The van der Waals surface area contributed by atoms with Crippen LogP contribution in [0, 0.1) is 0 Å². The number of aliphatic hydroxyl groups excluding tert-OH is 1. The number of sulfonamides is 1. The van der Waals surface area contributed by atoms with Gasteiger partial charge in [-0.2, -0.15) is 0 Å². The predicted octanol–water partition coefficient (Wildman–Crippen LogP) is 0.274. The molecule has 3 atom stereocenters. The van der Waals surface area contributed by atoms with E-state index in [1.807, 2.05) is 0 Å². The standard InChI is InChI=1S/C10H20N2O3S2/c1-2-9(10(11)16)17(14,15)12-7-5-3-4-6-8(7)13/h7-9,12-13H,2-6H2,1H3,(H2,11,16). The molecule has 0 aliphatic heterocycles. The van der Waals surface area contributed by atoms with Crippen molar-refractivity contribution in [2.75, 3.05) is 0 Å². The third kappa shape index (κ3) is 3.87. The largest absolute Gasteiger partial charge is 0.392 e. The van der Waals surface area contributed by atoms with Gasteiger partial charge >= 0.3 is 0 Å². The molecular formula is C10H20N2O3S2. The van der Waals surface area contributed by atoms with E-state index in [-0.39, 0.29) is 4.99 Å². The van der Waals surface area contributed by atoms with Gasteiger partial charge in [0.25, 0.3) is 0 Å². The minimum Gasteiger partial charge on any atom is -0.392 e. The van der Waals surface area contributed by atoms with E-state index < -0.39 is 27.4 Å². The average Bonchev–Trinajstić information content (AvgIpc) is 2.21. The SMILES string of the molecule is CCC(C(N)=S)S(=O)(=O)NC1CCCCC1O. The lowest BCUT2D eigenvalue weighted by molar-refractivity contribution is 0.101. The second-order valence-corrected chi connectivity index (χ2v) is 6.79. The molecule has 1 aliphatic rings. The Balaban J connectivity index is 2.74. The molecule has 0 aromatic heterocycles. The summed E-state index contributed by atoms with van der Waals surface area (Å²) in [6.07, 6.45) is 2.89. The molecule has 1 rings (SSSR count). The number of hydrogen-bond acceptors (Lipinski definition) is 4. The molecule has 100 valence electrons. The molecule has 0 heterocycles. The number of hydrogen-bond donors (Lipinski definition) is 3. The molecule has 1 fully saturated rings. The Hall–Kier alpha value is -0.240. The van der Waals surface area contributed by atoms with Crippen molar-refractivity contribution >= 4 is 27.2 Å². The van der Waals surface area contributed by atoms with Crippen LogP contribution < -0.4 is 10.5 Å². The Bertz CT molecular complexity index is 370. The van der Waals surface area contributed by atoms with Gasteiger partial charge in [0, 0.05) is 6.04 Å². The van der Waals surface area contributed by atoms with Gasteiger partial charge < -0.3 is 10.8 Å². The van der Waals surface area contributed by atoms with Crippen molar-refractivity contribution in [2.24, 2.45) is 5.73 Å². The fourth-order valence-electron chi connectivity index (χ4n) is 2.12. The Morgan fingerprint density at radius 2 is 2.12 bits per heavy atom. The van der Waals surface area contributed by atoms with Gasteiger partial charge in [-0.15, -0.1) is 0 Å². The quantitative estimate of drug-likeness (QED) is 0.629. The summed E-state index contributed by atoms with van der Waals surface area (Å²) in [6.45, 7) is 1.72. The van der Waals surface area contributed by atoms with Crippen LogP contribution >= 0.6 is 12.2 Å². The van der Waals surface area contributed by atoms with Gasteiger partial charge in [0.05, 0.1) is 11.1 Å². The molecule has 1 aliphatic carbocycles. The van der Waals surface area contributed by atoms with Crippen molar-refractivity contribution in [1.29, 1.82) is 0 Å². The highest BCUT2D eigenvalue weighted by Crippen LogP contribution is 2.20. The van der Waals surface area contributed by atoms with Gasteiger partial charge in [-0.1, -0.05) is 32.0 Å². The molecule has 0 aromatic carbocycles. The summed E-state index contributed by atoms with van der Waals surface area (Å²) in [5, 5.41) is 8.88. The zero-order valence-electron chi connectivity index (χ0n) is 9.93. The third-order valence-electron chi connectivity index (χ3n) is 3.11. The van der Waals surface area contributed by atoms with Crippen LogP contribution in [0.2, 0.25) is 0 Å². The molecule has 3 unspecified atom stereocenters. The van der Waals surface area contributed by atoms with E-state index in [1.54, 1.807) is 6.92 Å². The van der Waals surface area contributed by atoms with Crippen LogP contribution in [0.5, 0.6) is 0 Å². The van der Waals surface area contributed by atoms with Gasteiger partial charge in [-0.25, -0.2) is 13.1 Å². The van der Waals surface area contributed by atoms with Crippen LogP contribution in [-0.2, 0) is 10.0 Å². The number of thiocarbonyl (C=S) groups is 1. The summed E-state index contributed by atoms with van der Waals surface area (Å²) in [5.74, 6) is 0. The highest BCUT2D eigenvalue weighted by atomic mass is 32.2. The lowest BCUT2D eigenvalue weighted by Gasteiger charge is -2.29. The molecule has 4 N–H and O–H groups in total. The van der Waals surface area contributed by atoms with Gasteiger partial charge in [0.2, 0.25) is 10.0 Å². The maximum atomic E-state index is 12.0. The molecule has 0 aromatic rings. The molecule has 7 heteroatoms. The van der Waals surface area contributed by atoms with Crippen LogP contribution in [0.25, 0.3) is 0 Å². The molecule has 0 spiro atoms. The monoisotopic (exact) mass is 280 g/mol. The Morgan fingerprint density at radius 1 is 1.53 bits per heavy atom. The summed E-state index contributed by atoms with van der Waals surface area (Å²) in [6, 6.07) is -0.405. The lowest BCUT2D eigenvalue weighted by Crippen LogP contribution is -2.50. The highest BCUT2D eigenvalue weighted by Gasteiger charge is 2.32. The van der Waals surface area contributed by atoms with E-state index in [4.69, 9.17) is 18.0 Å². The second kappa shape index (κ2) is 6.08. The number of aliphatic hydroxyl groups is 1. The predicted molar refractivity (Wildman–Crippen MR) is 71.2 cm³/mol. The van der Waals surface area contributed by atoms with Crippen molar-refractivity contribution in [3.05, 3.63) is 0 Å². The molecule has 0 amide bonds. The summed E-state index contributed by atoms with van der Waals surface area (Å²) in [5.41, 5.74) is 5.42. The van der Waals surface area contributed by atoms with Crippen LogP contribution in [-0.4, -0.2) is 35.9 Å². The first kappa shape index (κ1) is 14.8. The normalized spacial score (nSPS) is 27.6. The van der Waals surface area contributed by atoms with Crippen molar-refractivity contribution in [3.63, 3.8) is 0 Å². The van der Waals surface area contributed by atoms with Crippen LogP contribution in [0.15, 0.2) is 0 Å². The van der Waals surface area contributed by atoms with Crippen LogP contribution in [0.3, 0.4) is 0 Å². The molecule has 0 bridgehead atoms. The summed E-state index contributed by atoms with van der Waals surface area (Å²) < 4.78 is 26.6. The second-order valence-electron chi connectivity index (χ2n) is 4.42. The summed E-state index contributed by atoms with van der Waals surface area (Å²) in [4.78, 5) is -0.0229. The minimum atomic E-state index is -3.58. The number of rotatable bonds is 5. The molecule has 1 saturated carbocycles. The number of nitrogens with one attached hydrogen (secondary N) is 1. The maximum absolute atomic E-state index is 12.0. The average molecular weight is 280 g/mol. The summed E-state index contributed by atoms with van der Waals surface area (Å²) in [7, 11) is -3.58.